The molecule has 0 amide bonds. The second-order valence-electron chi connectivity index (χ2n) is 3.68. The van der Waals surface area contributed by atoms with Gasteiger partial charge in [-0.15, -0.1) is 10.2 Å². The first-order valence-corrected chi connectivity index (χ1v) is 6.86. The molecular weight excluding hydrogens is 284 g/mol. The maximum absolute atomic E-state index is 8.74. The monoisotopic (exact) mass is 296 g/mol. The van der Waals surface area contributed by atoms with Crippen molar-refractivity contribution >= 4 is 34.1 Å². The second-order valence-corrected chi connectivity index (χ2v) is 5.93. The minimum atomic E-state index is -0.0274. The molecular formula is C10H12N6OS2. The van der Waals surface area contributed by atoms with Crippen molar-refractivity contribution in [3.63, 3.8) is 0 Å². The van der Waals surface area contributed by atoms with Gasteiger partial charge in [0.2, 0.25) is 5.13 Å². The van der Waals surface area contributed by atoms with E-state index in [0.29, 0.717) is 5.69 Å². The number of oxime groups is 1. The first-order valence-electron chi connectivity index (χ1n) is 5.23. The summed E-state index contributed by atoms with van der Waals surface area (Å²) in [5.41, 5.74) is 6.01. The van der Waals surface area contributed by atoms with Gasteiger partial charge in [0.1, 0.15) is 5.69 Å². The third-order valence-corrected chi connectivity index (χ3v) is 4.29. The van der Waals surface area contributed by atoms with Crippen LogP contribution in [0.4, 0.5) is 5.13 Å². The van der Waals surface area contributed by atoms with E-state index in [0.717, 1.165) is 14.4 Å². The Balaban J connectivity index is 2.28. The van der Waals surface area contributed by atoms with Crippen LogP contribution in [0.2, 0.25) is 0 Å². The quantitative estimate of drug-likeness (QED) is 0.379. The molecule has 7 nitrogen and oxygen atoms in total. The zero-order valence-corrected chi connectivity index (χ0v) is 11.9. The molecule has 0 aliphatic heterocycles. The van der Waals surface area contributed by atoms with Crippen LogP contribution in [-0.2, 0) is 0 Å². The van der Waals surface area contributed by atoms with Gasteiger partial charge in [-0.25, -0.2) is 0 Å². The summed E-state index contributed by atoms with van der Waals surface area (Å²) in [5, 5.41) is 20.7. The average molecular weight is 296 g/mol. The van der Waals surface area contributed by atoms with Crippen molar-refractivity contribution in [3.8, 4) is 0 Å². The van der Waals surface area contributed by atoms with Gasteiger partial charge in [-0.3, -0.25) is 4.98 Å². The Morgan fingerprint density at radius 2 is 2.26 bits per heavy atom. The molecule has 2 aromatic heterocycles. The van der Waals surface area contributed by atoms with Gasteiger partial charge in [0.15, 0.2) is 10.2 Å². The molecule has 0 spiro atoms. The smallest absolute Gasteiger partial charge is 0.208 e. The van der Waals surface area contributed by atoms with Crippen molar-refractivity contribution in [2.75, 3.05) is 19.0 Å². The SMILES string of the molecule is CN(C)c1nnc(Sc2cccnc2/C(N)=N/O)s1. The predicted molar refractivity (Wildman–Crippen MR) is 75.1 cm³/mol. The van der Waals surface area contributed by atoms with E-state index in [-0.39, 0.29) is 5.84 Å². The second kappa shape index (κ2) is 5.85. The summed E-state index contributed by atoms with van der Waals surface area (Å²) in [6.45, 7) is 0. The van der Waals surface area contributed by atoms with Crippen LogP contribution in [0.5, 0.6) is 0 Å². The van der Waals surface area contributed by atoms with E-state index >= 15 is 0 Å². The molecule has 0 radical (unpaired) electrons. The molecule has 0 aliphatic carbocycles. The van der Waals surface area contributed by atoms with Crippen LogP contribution < -0.4 is 10.6 Å². The van der Waals surface area contributed by atoms with Gasteiger partial charge < -0.3 is 15.8 Å². The van der Waals surface area contributed by atoms with Crippen molar-refractivity contribution in [2.24, 2.45) is 10.9 Å². The Morgan fingerprint density at radius 3 is 2.89 bits per heavy atom. The fraction of sp³-hybridized carbons (Fsp3) is 0.200. The summed E-state index contributed by atoms with van der Waals surface area (Å²) in [4.78, 5) is 6.74. The molecule has 2 heterocycles. The largest absolute Gasteiger partial charge is 0.409 e. The number of nitrogens with two attached hydrogens (primary N) is 1. The highest BCUT2D eigenvalue weighted by atomic mass is 32.2. The van der Waals surface area contributed by atoms with Crippen LogP contribution in [0.15, 0.2) is 32.7 Å². The molecule has 0 atom stereocenters. The molecule has 9 heteroatoms. The van der Waals surface area contributed by atoms with E-state index in [1.807, 2.05) is 25.1 Å². The Bertz CT molecular complexity index is 597. The van der Waals surface area contributed by atoms with E-state index in [1.54, 1.807) is 12.3 Å². The highest BCUT2D eigenvalue weighted by Gasteiger charge is 2.13. The van der Waals surface area contributed by atoms with Crippen LogP contribution in [0.25, 0.3) is 0 Å². The molecule has 3 N–H and O–H groups in total. The van der Waals surface area contributed by atoms with Crippen molar-refractivity contribution in [2.45, 2.75) is 9.24 Å². The molecule has 19 heavy (non-hydrogen) atoms. The number of rotatable bonds is 4. The zero-order valence-electron chi connectivity index (χ0n) is 10.3. The van der Waals surface area contributed by atoms with E-state index in [9.17, 15) is 0 Å². The number of amidine groups is 1. The third-order valence-electron chi connectivity index (χ3n) is 2.10. The van der Waals surface area contributed by atoms with Gasteiger partial charge in [-0.1, -0.05) is 28.3 Å². The Morgan fingerprint density at radius 1 is 1.47 bits per heavy atom. The lowest BCUT2D eigenvalue weighted by Gasteiger charge is -2.05. The van der Waals surface area contributed by atoms with Gasteiger partial charge in [0, 0.05) is 25.2 Å². The lowest BCUT2D eigenvalue weighted by Crippen LogP contribution is -2.15. The normalized spacial score (nSPS) is 11.6. The topological polar surface area (TPSA) is 101 Å². The minimum Gasteiger partial charge on any atom is -0.409 e. The maximum atomic E-state index is 8.74. The summed E-state index contributed by atoms with van der Waals surface area (Å²) < 4.78 is 0.767. The summed E-state index contributed by atoms with van der Waals surface area (Å²) in [6, 6.07) is 3.62. The Hall–Kier alpha value is -1.87. The third kappa shape index (κ3) is 3.12. The molecule has 0 bridgehead atoms. The highest BCUT2D eigenvalue weighted by Crippen LogP contribution is 2.33. The average Bonchev–Trinajstić information content (AvgIpc) is 2.87. The van der Waals surface area contributed by atoms with Crippen molar-refractivity contribution < 1.29 is 5.21 Å². The van der Waals surface area contributed by atoms with Crippen LogP contribution in [0.3, 0.4) is 0 Å². The van der Waals surface area contributed by atoms with Gasteiger partial charge in [0.05, 0.1) is 0 Å². The van der Waals surface area contributed by atoms with Crippen molar-refractivity contribution in [1.29, 1.82) is 0 Å². The first-order chi connectivity index (χ1) is 9.11. The minimum absolute atomic E-state index is 0.0274. The number of hydrogen-bond donors (Lipinski definition) is 2. The fourth-order valence-electron chi connectivity index (χ4n) is 1.23. The van der Waals surface area contributed by atoms with Gasteiger partial charge in [-0.2, -0.15) is 0 Å². The van der Waals surface area contributed by atoms with Crippen molar-refractivity contribution in [3.05, 3.63) is 24.0 Å². The molecule has 0 saturated carbocycles. The van der Waals surface area contributed by atoms with Gasteiger partial charge in [0.25, 0.3) is 0 Å². The molecule has 0 aromatic carbocycles. The Labute approximate surface area is 118 Å². The number of pyridine rings is 1. The van der Waals surface area contributed by atoms with Gasteiger partial charge >= 0.3 is 0 Å². The maximum Gasteiger partial charge on any atom is 0.208 e. The van der Waals surface area contributed by atoms with Crippen LogP contribution in [0.1, 0.15) is 5.69 Å². The van der Waals surface area contributed by atoms with Crippen molar-refractivity contribution in [1.82, 2.24) is 15.2 Å². The molecule has 2 rings (SSSR count). The summed E-state index contributed by atoms with van der Waals surface area (Å²) in [6.07, 6.45) is 1.59. The summed E-state index contributed by atoms with van der Waals surface area (Å²) in [5.74, 6) is -0.0274. The van der Waals surface area contributed by atoms with E-state index in [4.69, 9.17) is 10.9 Å². The number of anilines is 1. The van der Waals surface area contributed by atoms with Crippen LogP contribution in [-0.4, -0.2) is 40.3 Å². The molecule has 0 aliphatic rings. The number of aromatic nitrogens is 3. The number of nitrogens with zero attached hydrogens (tertiary/aromatic N) is 5. The fourth-order valence-corrected chi connectivity index (χ4v) is 3.06. The summed E-state index contributed by atoms with van der Waals surface area (Å²) in [7, 11) is 3.81. The lowest BCUT2D eigenvalue weighted by molar-refractivity contribution is 0.318. The summed E-state index contributed by atoms with van der Waals surface area (Å²) >= 11 is 2.84. The lowest BCUT2D eigenvalue weighted by atomic mass is 10.3. The molecule has 0 fully saturated rings. The molecule has 0 saturated heterocycles. The van der Waals surface area contributed by atoms with Crippen LogP contribution >= 0.6 is 23.1 Å². The van der Waals surface area contributed by atoms with E-state index in [1.165, 1.54) is 23.1 Å². The highest BCUT2D eigenvalue weighted by molar-refractivity contribution is 8.01. The van der Waals surface area contributed by atoms with Crippen LogP contribution in [0, 0.1) is 0 Å². The Kier molecular flexibility index (Phi) is 4.17. The van der Waals surface area contributed by atoms with Gasteiger partial charge in [-0.05, 0) is 12.1 Å². The standard InChI is InChI=1S/C10H12N6OS2/c1-16(2)9-13-14-10(19-9)18-6-4-3-5-12-7(6)8(11)15-17/h3-5,17H,1-2H3,(H2,11,15). The van der Waals surface area contributed by atoms with E-state index < -0.39 is 0 Å². The number of hydrogen-bond acceptors (Lipinski definition) is 8. The predicted octanol–water partition coefficient (Wildman–Crippen LogP) is 1.24. The molecule has 2 aromatic rings. The first kappa shape index (κ1) is 13.6. The zero-order chi connectivity index (χ0) is 13.8. The molecule has 100 valence electrons. The molecule has 0 unspecified atom stereocenters. The van der Waals surface area contributed by atoms with E-state index in [2.05, 4.69) is 20.3 Å².